The maximum absolute atomic E-state index is 11.6. The lowest BCUT2D eigenvalue weighted by molar-refractivity contribution is -0.144. The van der Waals surface area contributed by atoms with Gasteiger partial charge in [-0.1, -0.05) is 0 Å². The zero-order chi connectivity index (χ0) is 10.0. The average Bonchev–Trinajstić information content (AvgIpc) is 2.55. The molecule has 1 aromatic heterocycles. The number of aromatic nitrogens is 1. The van der Waals surface area contributed by atoms with Crippen molar-refractivity contribution < 1.29 is 9.53 Å². The summed E-state index contributed by atoms with van der Waals surface area (Å²) in [6.45, 7) is 0.361. The first-order valence-electron chi connectivity index (χ1n) is 4.20. The molecule has 0 unspecified atom stereocenters. The number of hydrogen-bond donors (Lipinski definition) is 2. The van der Waals surface area contributed by atoms with Crippen LogP contribution in [0.1, 0.15) is 0 Å². The number of amides is 1. The Bertz CT molecular complexity index is 373. The minimum atomic E-state index is -0.989. The SMILES string of the molecule is N#CC1(C(=O)Nc2cc[nH]c2)COC1. The van der Waals surface area contributed by atoms with Crippen molar-refractivity contribution in [1.29, 1.82) is 5.26 Å². The molecule has 1 aliphatic rings. The fourth-order valence-corrected chi connectivity index (χ4v) is 1.20. The molecule has 5 heteroatoms. The Kier molecular flexibility index (Phi) is 1.98. The smallest absolute Gasteiger partial charge is 0.249 e. The van der Waals surface area contributed by atoms with Crippen molar-refractivity contribution in [2.75, 3.05) is 18.5 Å². The monoisotopic (exact) mass is 191 g/mol. The summed E-state index contributed by atoms with van der Waals surface area (Å²) in [5, 5.41) is 11.5. The Balaban J connectivity index is 2.06. The van der Waals surface area contributed by atoms with E-state index in [4.69, 9.17) is 10.00 Å². The highest BCUT2D eigenvalue weighted by Gasteiger charge is 2.46. The molecule has 0 bridgehead atoms. The topological polar surface area (TPSA) is 77.9 Å². The molecule has 72 valence electrons. The fourth-order valence-electron chi connectivity index (χ4n) is 1.20. The summed E-state index contributed by atoms with van der Waals surface area (Å²) in [6, 6.07) is 3.70. The normalized spacial score (nSPS) is 17.9. The van der Waals surface area contributed by atoms with Gasteiger partial charge in [0.15, 0.2) is 5.41 Å². The molecule has 0 aliphatic carbocycles. The third-order valence-electron chi connectivity index (χ3n) is 2.20. The van der Waals surface area contributed by atoms with Gasteiger partial charge in [-0.15, -0.1) is 0 Å². The lowest BCUT2D eigenvalue weighted by atomic mass is 9.87. The van der Waals surface area contributed by atoms with Crippen LogP contribution < -0.4 is 5.32 Å². The maximum atomic E-state index is 11.6. The van der Waals surface area contributed by atoms with E-state index in [1.807, 2.05) is 6.07 Å². The molecular formula is C9H9N3O2. The van der Waals surface area contributed by atoms with E-state index in [1.54, 1.807) is 18.5 Å². The van der Waals surface area contributed by atoms with E-state index >= 15 is 0 Å². The van der Waals surface area contributed by atoms with E-state index in [9.17, 15) is 4.79 Å². The van der Waals surface area contributed by atoms with Gasteiger partial charge in [0.05, 0.1) is 25.0 Å². The first-order chi connectivity index (χ1) is 6.77. The number of nitrogens with zero attached hydrogens (tertiary/aromatic N) is 1. The van der Waals surface area contributed by atoms with Gasteiger partial charge in [0.25, 0.3) is 0 Å². The van der Waals surface area contributed by atoms with Crippen LogP contribution in [0.3, 0.4) is 0 Å². The molecule has 2 heterocycles. The number of aromatic amines is 1. The number of carbonyl (C=O) groups is 1. The van der Waals surface area contributed by atoms with Gasteiger partial charge < -0.3 is 15.0 Å². The summed E-state index contributed by atoms with van der Waals surface area (Å²) < 4.78 is 4.88. The molecule has 14 heavy (non-hydrogen) atoms. The fraction of sp³-hybridized carbons (Fsp3) is 0.333. The summed E-state index contributed by atoms with van der Waals surface area (Å²) in [4.78, 5) is 14.4. The van der Waals surface area contributed by atoms with E-state index in [0.29, 0.717) is 5.69 Å². The summed E-state index contributed by atoms with van der Waals surface area (Å²) in [5.74, 6) is -0.300. The molecule has 1 aromatic rings. The lowest BCUT2D eigenvalue weighted by Gasteiger charge is -2.32. The van der Waals surface area contributed by atoms with Crippen molar-refractivity contribution >= 4 is 11.6 Å². The quantitative estimate of drug-likeness (QED) is 0.714. The number of anilines is 1. The molecule has 1 amide bonds. The number of hydrogen-bond acceptors (Lipinski definition) is 3. The standard InChI is InChI=1S/C9H9N3O2/c10-4-9(5-14-6-9)8(13)12-7-1-2-11-3-7/h1-3,11H,5-6H2,(H,12,13). The highest BCUT2D eigenvalue weighted by atomic mass is 16.5. The Morgan fingerprint density at radius 3 is 2.93 bits per heavy atom. The minimum Gasteiger partial charge on any atom is -0.377 e. The second-order valence-electron chi connectivity index (χ2n) is 3.24. The molecule has 1 saturated heterocycles. The Hall–Kier alpha value is -1.80. The first kappa shape index (κ1) is 8.78. The van der Waals surface area contributed by atoms with Crippen molar-refractivity contribution in [3.63, 3.8) is 0 Å². The molecule has 1 fully saturated rings. The van der Waals surface area contributed by atoms with Crippen molar-refractivity contribution in [3.8, 4) is 6.07 Å². The maximum Gasteiger partial charge on any atom is 0.249 e. The Labute approximate surface area is 80.7 Å². The van der Waals surface area contributed by atoms with E-state index in [-0.39, 0.29) is 19.1 Å². The third kappa shape index (κ3) is 1.26. The molecule has 0 spiro atoms. The van der Waals surface area contributed by atoms with Crippen LogP contribution in [0.4, 0.5) is 5.69 Å². The molecule has 2 rings (SSSR count). The highest BCUT2D eigenvalue weighted by molar-refractivity contribution is 5.97. The number of H-pyrrole nitrogens is 1. The number of nitriles is 1. The molecule has 5 nitrogen and oxygen atoms in total. The number of ether oxygens (including phenoxy) is 1. The van der Waals surface area contributed by atoms with Gasteiger partial charge in [0.1, 0.15) is 0 Å². The van der Waals surface area contributed by atoms with Crippen LogP contribution in [-0.2, 0) is 9.53 Å². The van der Waals surface area contributed by atoms with Crippen LogP contribution in [-0.4, -0.2) is 24.1 Å². The largest absolute Gasteiger partial charge is 0.377 e. The number of nitrogens with one attached hydrogen (secondary N) is 2. The van der Waals surface area contributed by atoms with Gasteiger partial charge in [-0.3, -0.25) is 4.79 Å². The molecule has 1 aliphatic heterocycles. The van der Waals surface area contributed by atoms with Crippen LogP contribution in [0.15, 0.2) is 18.5 Å². The summed E-state index contributed by atoms with van der Waals surface area (Å²) in [7, 11) is 0. The zero-order valence-electron chi connectivity index (χ0n) is 7.41. The highest BCUT2D eigenvalue weighted by Crippen LogP contribution is 2.28. The second kappa shape index (κ2) is 3.16. The van der Waals surface area contributed by atoms with Crippen LogP contribution >= 0.6 is 0 Å². The minimum absolute atomic E-state index is 0.180. The van der Waals surface area contributed by atoms with Crippen LogP contribution in [0, 0.1) is 16.7 Å². The van der Waals surface area contributed by atoms with Gasteiger partial charge in [0, 0.05) is 12.4 Å². The predicted molar refractivity (Wildman–Crippen MR) is 48.3 cm³/mol. The lowest BCUT2D eigenvalue weighted by Crippen LogP contribution is -2.50. The van der Waals surface area contributed by atoms with Gasteiger partial charge in [0.2, 0.25) is 5.91 Å². The van der Waals surface area contributed by atoms with Gasteiger partial charge >= 0.3 is 0 Å². The van der Waals surface area contributed by atoms with Crippen LogP contribution in [0.25, 0.3) is 0 Å². The molecule has 0 aromatic carbocycles. The van der Waals surface area contributed by atoms with Gasteiger partial charge in [-0.2, -0.15) is 5.26 Å². The van der Waals surface area contributed by atoms with Crippen LogP contribution in [0.5, 0.6) is 0 Å². The zero-order valence-corrected chi connectivity index (χ0v) is 7.41. The van der Waals surface area contributed by atoms with Gasteiger partial charge in [-0.05, 0) is 6.07 Å². The number of carbonyl (C=O) groups excluding carboxylic acids is 1. The Morgan fingerprint density at radius 1 is 1.71 bits per heavy atom. The van der Waals surface area contributed by atoms with E-state index in [1.165, 1.54) is 0 Å². The molecule has 2 N–H and O–H groups in total. The first-order valence-corrected chi connectivity index (χ1v) is 4.20. The third-order valence-corrected chi connectivity index (χ3v) is 2.20. The van der Waals surface area contributed by atoms with Crippen LogP contribution in [0.2, 0.25) is 0 Å². The summed E-state index contributed by atoms with van der Waals surface area (Å²) >= 11 is 0. The van der Waals surface area contributed by atoms with E-state index in [2.05, 4.69) is 10.3 Å². The summed E-state index contributed by atoms with van der Waals surface area (Å²) in [6.07, 6.45) is 3.36. The average molecular weight is 191 g/mol. The van der Waals surface area contributed by atoms with Crippen molar-refractivity contribution in [2.45, 2.75) is 0 Å². The van der Waals surface area contributed by atoms with Crippen molar-refractivity contribution in [1.82, 2.24) is 4.98 Å². The second-order valence-corrected chi connectivity index (χ2v) is 3.24. The predicted octanol–water partition coefficient (Wildman–Crippen LogP) is 0.493. The van der Waals surface area contributed by atoms with Crippen molar-refractivity contribution in [3.05, 3.63) is 18.5 Å². The van der Waals surface area contributed by atoms with Gasteiger partial charge in [-0.25, -0.2) is 0 Å². The molecule has 0 saturated carbocycles. The molecule has 0 radical (unpaired) electrons. The van der Waals surface area contributed by atoms with E-state index < -0.39 is 5.41 Å². The Morgan fingerprint density at radius 2 is 2.50 bits per heavy atom. The molecular weight excluding hydrogens is 182 g/mol. The van der Waals surface area contributed by atoms with Crippen molar-refractivity contribution in [2.24, 2.45) is 5.41 Å². The van der Waals surface area contributed by atoms with E-state index in [0.717, 1.165) is 0 Å². The summed E-state index contributed by atoms with van der Waals surface area (Å²) in [5.41, 5.74) is -0.325. The molecule has 0 atom stereocenters. The number of rotatable bonds is 2.